The first-order valence-electron chi connectivity index (χ1n) is 9.72. The second-order valence-corrected chi connectivity index (χ2v) is 7.26. The molecule has 1 atom stereocenters. The molecule has 0 aliphatic carbocycles. The SMILES string of the molecule is CCCCC#Cc1nc2c(Cl)nc(-c3nccn3C)nc2n1C1CCCCO1. The van der Waals surface area contributed by atoms with E-state index in [1.54, 1.807) is 6.20 Å². The average Bonchev–Trinajstić information content (AvgIpc) is 3.29. The molecule has 1 unspecified atom stereocenters. The second kappa shape index (κ2) is 8.29. The minimum Gasteiger partial charge on any atom is -0.358 e. The van der Waals surface area contributed by atoms with Crippen LogP contribution in [0.3, 0.4) is 0 Å². The van der Waals surface area contributed by atoms with Gasteiger partial charge in [0.25, 0.3) is 0 Å². The van der Waals surface area contributed by atoms with Gasteiger partial charge >= 0.3 is 0 Å². The van der Waals surface area contributed by atoms with E-state index >= 15 is 0 Å². The molecule has 0 N–H and O–H groups in total. The molecule has 0 saturated carbocycles. The molecule has 1 aliphatic rings. The topological polar surface area (TPSA) is 70.7 Å². The normalized spacial score (nSPS) is 16.9. The first-order valence-corrected chi connectivity index (χ1v) is 10.1. The Morgan fingerprint density at radius 3 is 2.89 bits per heavy atom. The molecule has 0 spiro atoms. The molecule has 0 bridgehead atoms. The maximum Gasteiger partial charge on any atom is 0.199 e. The van der Waals surface area contributed by atoms with E-state index in [0.29, 0.717) is 33.8 Å². The number of halogens is 1. The average molecular weight is 399 g/mol. The molecular weight excluding hydrogens is 376 g/mol. The van der Waals surface area contributed by atoms with Gasteiger partial charge in [-0.05, 0) is 31.6 Å². The summed E-state index contributed by atoms with van der Waals surface area (Å²) in [6.45, 7) is 2.87. The van der Waals surface area contributed by atoms with Gasteiger partial charge in [0.2, 0.25) is 0 Å². The van der Waals surface area contributed by atoms with Crippen molar-refractivity contribution in [3.8, 4) is 23.5 Å². The van der Waals surface area contributed by atoms with E-state index in [4.69, 9.17) is 21.3 Å². The lowest BCUT2D eigenvalue weighted by Crippen LogP contribution is -2.20. The number of hydrogen-bond donors (Lipinski definition) is 0. The van der Waals surface area contributed by atoms with Crippen LogP contribution in [0, 0.1) is 11.8 Å². The van der Waals surface area contributed by atoms with Crippen molar-refractivity contribution in [3.05, 3.63) is 23.4 Å². The Bertz CT molecular complexity index is 1040. The summed E-state index contributed by atoms with van der Waals surface area (Å²) >= 11 is 6.49. The highest BCUT2D eigenvalue weighted by atomic mass is 35.5. The van der Waals surface area contributed by atoms with Crippen LogP contribution in [-0.4, -0.2) is 35.7 Å². The Morgan fingerprint density at radius 2 is 2.18 bits per heavy atom. The zero-order valence-corrected chi connectivity index (χ0v) is 16.9. The van der Waals surface area contributed by atoms with Crippen molar-refractivity contribution in [1.82, 2.24) is 29.1 Å². The molecule has 4 rings (SSSR count). The Hall–Kier alpha value is -2.43. The van der Waals surface area contributed by atoms with Gasteiger partial charge in [-0.2, -0.15) is 0 Å². The third-order valence-electron chi connectivity index (χ3n) is 4.82. The first kappa shape index (κ1) is 18.9. The number of hydrogen-bond acceptors (Lipinski definition) is 5. The summed E-state index contributed by atoms with van der Waals surface area (Å²) in [6.07, 6.45) is 9.49. The number of aromatic nitrogens is 6. The van der Waals surface area contributed by atoms with E-state index in [-0.39, 0.29) is 6.23 Å². The number of unbranched alkanes of at least 4 members (excludes halogenated alkanes) is 2. The molecule has 0 aromatic carbocycles. The third kappa shape index (κ3) is 3.62. The van der Waals surface area contributed by atoms with Crippen LogP contribution in [0.5, 0.6) is 0 Å². The highest BCUT2D eigenvalue weighted by molar-refractivity contribution is 6.33. The summed E-state index contributed by atoms with van der Waals surface area (Å²) in [6, 6.07) is 0. The standard InChI is InChI=1S/C20H23ClN6O/c1-3-4-5-6-9-14-23-16-17(21)24-18(20-22-11-12-26(20)2)25-19(16)27(14)15-10-7-8-13-28-15/h11-12,15H,3-5,7-8,10,13H2,1-2H3. The summed E-state index contributed by atoms with van der Waals surface area (Å²) in [5.74, 6) is 8.17. The van der Waals surface area contributed by atoms with Crippen LogP contribution < -0.4 is 0 Å². The zero-order chi connectivity index (χ0) is 19.5. The first-order chi connectivity index (χ1) is 13.7. The maximum atomic E-state index is 6.49. The van der Waals surface area contributed by atoms with E-state index in [1.807, 2.05) is 22.4 Å². The lowest BCUT2D eigenvalue weighted by Gasteiger charge is -2.24. The van der Waals surface area contributed by atoms with Crippen molar-refractivity contribution >= 4 is 22.8 Å². The van der Waals surface area contributed by atoms with Gasteiger partial charge in [0.05, 0.1) is 0 Å². The van der Waals surface area contributed by atoms with Crippen LogP contribution in [0.1, 0.15) is 57.5 Å². The molecule has 3 aromatic rings. The van der Waals surface area contributed by atoms with Crippen LogP contribution in [0.25, 0.3) is 22.8 Å². The number of ether oxygens (including phenoxy) is 1. The number of aryl methyl sites for hydroxylation is 1. The van der Waals surface area contributed by atoms with E-state index < -0.39 is 0 Å². The molecule has 0 radical (unpaired) electrons. The third-order valence-corrected chi connectivity index (χ3v) is 5.08. The minimum atomic E-state index is -0.144. The molecule has 28 heavy (non-hydrogen) atoms. The largest absolute Gasteiger partial charge is 0.358 e. The van der Waals surface area contributed by atoms with Crippen LogP contribution in [0.15, 0.2) is 12.4 Å². The van der Waals surface area contributed by atoms with Gasteiger partial charge in [-0.3, -0.25) is 4.57 Å². The molecule has 1 fully saturated rings. The van der Waals surface area contributed by atoms with E-state index in [9.17, 15) is 0 Å². The fourth-order valence-corrected chi connectivity index (χ4v) is 3.52. The number of rotatable bonds is 4. The maximum absolute atomic E-state index is 6.49. The van der Waals surface area contributed by atoms with Gasteiger partial charge in [0, 0.05) is 32.5 Å². The minimum absolute atomic E-state index is 0.144. The number of imidazole rings is 2. The molecular formula is C20H23ClN6O. The van der Waals surface area contributed by atoms with E-state index in [1.165, 1.54) is 0 Å². The van der Waals surface area contributed by atoms with Crippen molar-refractivity contribution in [1.29, 1.82) is 0 Å². The Balaban J connectivity index is 1.86. The van der Waals surface area contributed by atoms with Crippen molar-refractivity contribution in [2.75, 3.05) is 6.61 Å². The van der Waals surface area contributed by atoms with Gasteiger partial charge in [0.1, 0.15) is 11.7 Å². The Morgan fingerprint density at radius 1 is 1.29 bits per heavy atom. The molecule has 8 heteroatoms. The zero-order valence-electron chi connectivity index (χ0n) is 16.2. The number of nitrogens with zero attached hydrogens (tertiary/aromatic N) is 6. The smallest absolute Gasteiger partial charge is 0.199 e. The molecule has 146 valence electrons. The summed E-state index contributed by atoms with van der Waals surface area (Å²) in [5, 5.41) is 0.300. The van der Waals surface area contributed by atoms with Crippen LogP contribution in [0.2, 0.25) is 5.15 Å². The summed E-state index contributed by atoms with van der Waals surface area (Å²) in [4.78, 5) is 18.2. The van der Waals surface area contributed by atoms with Crippen molar-refractivity contribution in [2.24, 2.45) is 7.05 Å². The monoisotopic (exact) mass is 398 g/mol. The lowest BCUT2D eigenvalue weighted by molar-refractivity contribution is -0.0302. The van der Waals surface area contributed by atoms with Gasteiger partial charge in [-0.15, -0.1) is 0 Å². The predicted molar refractivity (Wildman–Crippen MR) is 108 cm³/mol. The molecule has 3 aromatic heterocycles. The highest BCUT2D eigenvalue weighted by Gasteiger charge is 2.25. The quantitative estimate of drug-likeness (QED) is 0.375. The van der Waals surface area contributed by atoms with Gasteiger partial charge in [-0.25, -0.2) is 19.9 Å². The van der Waals surface area contributed by atoms with E-state index in [2.05, 4.69) is 33.7 Å². The van der Waals surface area contributed by atoms with Crippen LogP contribution in [0.4, 0.5) is 0 Å². The van der Waals surface area contributed by atoms with E-state index in [0.717, 1.165) is 45.1 Å². The highest BCUT2D eigenvalue weighted by Crippen LogP contribution is 2.31. The summed E-state index contributed by atoms with van der Waals surface area (Å²) in [7, 11) is 1.90. The fourth-order valence-electron chi connectivity index (χ4n) is 3.32. The van der Waals surface area contributed by atoms with Gasteiger partial charge in [-0.1, -0.05) is 30.9 Å². The van der Waals surface area contributed by atoms with Gasteiger partial charge < -0.3 is 9.30 Å². The van der Waals surface area contributed by atoms with Gasteiger partial charge in [0.15, 0.2) is 28.3 Å². The predicted octanol–water partition coefficient (Wildman–Crippen LogP) is 4.12. The van der Waals surface area contributed by atoms with Crippen LogP contribution in [-0.2, 0) is 11.8 Å². The number of fused-ring (bicyclic) bond motifs is 1. The van der Waals surface area contributed by atoms with Crippen LogP contribution >= 0.6 is 11.6 Å². The molecule has 0 amide bonds. The molecule has 7 nitrogen and oxygen atoms in total. The fraction of sp³-hybridized carbons (Fsp3) is 0.500. The lowest BCUT2D eigenvalue weighted by atomic mass is 10.2. The van der Waals surface area contributed by atoms with Crippen molar-refractivity contribution in [2.45, 2.75) is 51.7 Å². The summed E-state index contributed by atoms with van der Waals surface area (Å²) < 4.78 is 9.87. The van der Waals surface area contributed by atoms with Crippen molar-refractivity contribution < 1.29 is 4.74 Å². The van der Waals surface area contributed by atoms with Crippen molar-refractivity contribution in [3.63, 3.8) is 0 Å². The summed E-state index contributed by atoms with van der Waals surface area (Å²) in [5.41, 5.74) is 1.19. The Kier molecular flexibility index (Phi) is 5.60. The Labute approximate surface area is 169 Å². The molecule has 4 heterocycles. The molecule has 1 saturated heterocycles. The second-order valence-electron chi connectivity index (χ2n) is 6.90. The molecule has 1 aliphatic heterocycles.